The average molecular weight is 536 g/mol. The van der Waals surface area contributed by atoms with Crippen LogP contribution in [0, 0.1) is 0 Å². The fourth-order valence-corrected chi connectivity index (χ4v) is 5.01. The minimum atomic E-state index is -3.85. The highest BCUT2D eigenvalue weighted by atomic mass is 79.9. The molecule has 1 amide bonds. The van der Waals surface area contributed by atoms with E-state index in [1.54, 1.807) is 24.3 Å². The van der Waals surface area contributed by atoms with E-state index in [0.717, 1.165) is 15.6 Å². The molecule has 0 saturated heterocycles. The third-order valence-electron chi connectivity index (χ3n) is 5.01. The van der Waals surface area contributed by atoms with Gasteiger partial charge in [0.2, 0.25) is 15.9 Å². The van der Waals surface area contributed by atoms with Crippen LogP contribution in [0.2, 0.25) is 5.02 Å². The standard InChI is InChI=1S/C24H24BrClN2O3S/c1-18(20-7-11-22(26)12-8-20)27-24(29)17-28(16-15-19-5-3-2-4-6-19)32(30,31)23-13-9-21(25)10-14-23/h2-14,18H,15-17H2,1H3,(H,27,29). The summed E-state index contributed by atoms with van der Waals surface area (Å²) in [4.78, 5) is 12.9. The lowest BCUT2D eigenvalue weighted by Gasteiger charge is -2.23. The summed E-state index contributed by atoms with van der Waals surface area (Å²) in [6.07, 6.45) is 0.497. The lowest BCUT2D eigenvalue weighted by molar-refractivity contribution is -0.121. The topological polar surface area (TPSA) is 66.5 Å². The molecule has 3 aromatic carbocycles. The number of sulfonamides is 1. The SMILES string of the molecule is CC(NC(=O)CN(CCc1ccccc1)S(=O)(=O)c1ccc(Br)cc1)c1ccc(Cl)cc1. The Balaban J connectivity index is 1.77. The third kappa shape index (κ3) is 6.65. The summed E-state index contributed by atoms with van der Waals surface area (Å²) in [5, 5.41) is 3.49. The van der Waals surface area contributed by atoms with Crippen LogP contribution in [0.5, 0.6) is 0 Å². The first-order valence-electron chi connectivity index (χ1n) is 10.1. The van der Waals surface area contributed by atoms with Crippen LogP contribution in [0.3, 0.4) is 0 Å². The van der Waals surface area contributed by atoms with Crippen LogP contribution < -0.4 is 5.32 Å². The molecule has 0 aliphatic heterocycles. The van der Waals surface area contributed by atoms with Crippen molar-refractivity contribution < 1.29 is 13.2 Å². The molecule has 8 heteroatoms. The molecule has 168 valence electrons. The van der Waals surface area contributed by atoms with E-state index in [1.807, 2.05) is 49.4 Å². The van der Waals surface area contributed by atoms with Gasteiger partial charge in [-0.25, -0.2) is 8.42 Å². The molecule has 0 radical (unpaired) electrons. The Kier molecular flexibility index (Phi) is 8.48. The molecule has 0 bridgehead atoms. The molecule has 3 rings (SSSR count). The van der Waals surface area contributed by atoms with Gasteiger partial charge < -0.3 is 5.32 Å². The number of benzene rings is 3. The number of carbonyl (C=O) groups excluding carboxylic acids is 1. The monoisotopic (exact) mass is 534 g/mol. The van der Waals surface area contributed by atoms with Crippen molar-refractivity contribution in [2.45, 2.75) is 24.3 Å². The zero-order chi connectivity index (χ0) is 23.1. The van der Waals surface area contributed by atoms with Crippen LogP contribution in [0.4, 0.5) is 0 Å². The van der Waals surface area contributed by atoms with Crippen molar-refractivity contribution in [3.8, 4) is 0 Å². The first kappa shape index (κ1) is 24.5. The average Bonchev–Trinajstić information content (AvgIpc) is 2.78. The number of nitrogens with zero attached hydrogens (tertiary/aromatic N) is 1. The first-order chi connectivity index (χ1) is 15.3. The lowest BCUT2D eigenvalue weighted by atomic mass is 10.1. The summed E-state index contributed by atoms with van der Waals surface area (Å²) in [5.74, 6) is -0.374. The van der Waals surface area contributed by atoms with E-state index >= 15 is 0 Å². The Morgan fingerprint density at radius 1 is 1.00 bits per heavy atom. The normalized spacial score (nSPS) is 12.5. The lowest BCUT2D eigenvalue weighted by Crippen LogP contribution is -2.42. The maximum absolute atomic E-state index is 13.3. The van der Waals surface area contributed by atoms with E-state index < -0.39 is 10.0 Å². The summed E-state index contributed by atoms with van der Waals surface area (Å²) in [6, 6.07) is 22.9. The molecule has 1 N–H and O–H groups in total. The van der Waals surface area contributed by atoms with Crippen LogP contribution in [-0.2, 0) is 21.2 Å². The van der Waals surface area contributed by atoms with Gasteiger partial charge in [-0.2, -0.15) is 4.31 Å². The van der Waals surface area contributed by atoms with E-state index in [1.165, 1.54) is 16.4 Å². The van der Waals surface area contributed by atoms with Crippen LogP contribution in [0.25, 0.3) is 0 Å². The van der Waals surface area contributed by atoms with Gasteiger partial charge in [-0.05, 0) is 60.9 Å². The van der Waals surface area contributed by atoms with Gasteiger partial charge in [0.1, 0.15) is 0 Å². The highest BCUT2D eigenvalue weighted by Gasteiger charge is 2.27. The van der Waals surface area contributed by atoms with Crippen LogP contribution >= 0.6 is 27.5 Å². The third-order valence-corrected chi connectivity index (χ3v) is 7.65. The van der Waals surface area contributed by atoms with Crippen molar-refractivity contribution in [2.75, 3.05) is 13.1 Å². The van der Waals surface area contributed by atoms with Gasteiger partial charge in [-0.1, -0.05) is 70.0 Å². The molecule has 0 saturated carbocycles. The van der Waals surface area contributed by atoms with Crippen LogP contribution in [0.15, 0.2) is 88.2 Å². The highest BCUT2D eigenvalue weighted by Crippen LogP contribution is 2.20. The number of hydrogen-bond donors (Lipinski definition) is 1. The van der Waals surface area contributed by atoms with E-state index in [2.05, 4.69) is 21.2 Å². The molecule has 3 aromatic rings. The molecular weight excluding hydrogens is 512 g/mol. The molecule has 0 aliphatic carbocycles. The zero-order valence-electron chi connectivity index (χ0n) is 17.5. The first-order valence-corrected chi connectivity index (χ1v) is 12.7. The molecule has 32 heavy (non-hydrogen) atoms. The number of hydrogen-bond acceptors (Lipinski definition) is 3. The van der Waals surface area contributed by atoms with Gasteiger partial charge in [0.25, 0.3) is 0 Å². The number of carbonyl (C=O) groups is 1. The molecular formula is C24H24BrClN2O3S. The second kappa shape index (κ2) is 11.1. The Bertz CT molecular complexity index is 1140. The van der Waals surface area contributed by atoms with Crippen molar-refractivity contribution in [3.05, 3.63) is 99.5 Å². The molecule has 5 nitrogen and oxygen atoms in total. The smallest absolute Gasteiger partial charge is 0.243 e. The molecule has 1 unspecified atom stereocenters. The molecule has 0 aromatic heterocycles. The Morgan fingerprint density at radius 3 is 2.25 bits per heavy atom. The molecule has 1 atom stereocenters. The van der Waals surface area contributed by atoms with Gasteiger partial charge in [0.15, 0.2) is 0 Å². The van der Waals surface area contributed by atoms with E-state index in [4.69, 9.17) is 11.6 Å². The minimum absolute atomic E-state index is 0.146. The number of amides is 1. The number of rotatable bonds is 9. The molecule has 0 fully saturated rings. The molecule has 0 aliphatic rings. The van der Waals surface area contributed by atoms with E-state index in [0.29, 0.717) is 11.4 Å². The van der Waals surface area contributed by atoms with Gasteiger partial charge >= 0.3 is 0 Å². The maximum Gasteiger partial charge on any atom is 0.243 e. The minimum Gasteiger partial charge on any atom is -0.348 e. The predicted molar refractivity (Wildman–Crippen MR) is 131 cm³/mol. The second-order valence-corrected chi connectivity index (χ2v) is 10.7. The quantitative estimate of drug-likeness (QED) is 0.409. The van der Waals surface area contributed by atoms with Crippen molar-refractivity contribution in [1.82, 2.24) is 9.62 Å². The molecule has 0 heterocycles. The van der Waals surface area contributed by atoms with Gasteiger partial charge in [-0.3, -0.25) is 4.79 Å². The Labute approximate surface area is 202 Å². The zero-order valence-corrected chi connectivity index (χ0v) is 20.7. The fraction of sp³-hybridized carbons (Fsp3) is 0.208. The summed E-state index contributed by atoms with van der Waals surface area (Å²) in [7, 11) is -3.85. The maximum atomic E-state index is 13.3. The highest BCUT2D eigenvalue weighted by molar-refractivity contribution is 9.10. The molecule has 0 spiro atoms. The Hall–Kier alpha value is -2.19. The summed E-state index contributed by atoms with van der Waals surface area (Å²) < 4.78 is 28.6. The van der Waals surface area contributed by atoms with E-state index in [-0.39, 0.29) is 29.9 Å². The second-order valence-electron chi connectivity index (χ2n) is 7.37. The van der Waals surface area contributed by atoms with Crippen LogP contribution in [0.1, 0.15) is 24.1 Å². The van der Waals surface area contributed by atoms with Crippen molar-refractivity contribution in [1.29, 1.82) is 0 Å². The summed E-state index contributed by atoms with van der Waals surface area (Å²) in [5.41, 5.74) is 1.88. The number of nitrogens with one attached hydrogen (secondary N) is 1. The fourth-order valence-electron chi connectivity index (χ4n) is 3.22. The van der Waals surface area contributed by atoms with Gasteiger partial charge in [-0.15, -0.1) is 0 Å². The van der Waals surface area contributed by atoms with Crippen LogP contribution in [-0.4, -0.2) is 31.7 Å². The van der Waals surface area contributed by atoms with Gasteiger partial charge in [0, 0.05) is 16.0 Å². The Morgan fingerprint density at radius 2 is 1.62 bits per heavy atom. The van der Waals surface area contributed by atoms with Gasteiger partial charge in [0.05, 0.1) is 17.5 Å². The summed E-state index contributed by atoms with van der Waals surface area (Å²) in [6.45, 7) is 1.76. The van der Waals surface area contributed by atoms with Crippen molar-refractivity contribution >= 4 is 43.5 Å². The van der Waals surface area contributed by atoms with Crippen molar-refractivity contribution in [3.63, 3.8) is 0 Å². The summed E-state index contributed by atoms with van der Waals surface area (Å²) >= 11 is 9.25. The largest absolute Gasteiger partial charge is 0.348 e. The van der Waals surface area contributed by atoms with E-state index in [9.17, 15) is 13.2 Å². The predicted octanol–water partition coefficient (Wildman–Crippen LogP) is 5.21. The van der Waals surface area contributed by atoms with Crippen molar-refractivity contribution in [2.24, 2.45) is 0 Å². The number of halogens is 2.